The predicted molar refractivity (Wildman–Crippen MR) is 83.2 cm³/mol. The van der Waals surface area contributed by atoms with Gasteiger partial charge in [-0.1, -0.05) is 23.7 Å². The first-order valence-corrected chi connectivity index (χ1v) is 6.81. The summed E-state index contributed by atoms with van der Waals surface area (Å²) in [7, 11) is 0. The Balaban J connectivity index is 1.97. The fourth-order valence-corrected chi connectivity index (χ4v) is 2.66. The molecule has 2 aromatic carbocycles. The maximum absolute atomic E-state index is 10.1. The van der Waals surface area contributed by atoms with E-state index in [9.17, 15) is 5.11 Å². The van der Waals surface area contributed by atoms with Gasteiger partial charge < -0.3 is 10.1 Å². The van der Waals surface area contributed by atoms with E-state index < -0.39 is 0 Å². The van der Waals surface area contributed by atoms with E-state index in [1.807, 2.05) is 36.4 Å². The van der Waals surface area contributed by atoms with Crippen molar-refractivity contribution in [1.82, 2.24) is 4.98 Å². The first-order valence-electron chi connectivity index (χ1n) is 6.44. The molecular formula is C16H10ClN3O. The summed E-state index contributed by atoms with van der Waals surface area (Å²) in [6.07, 6.45) is 3.63. The summed E-state index contributed by atoms with van der Waals surface area (Å²) < 4.78 is 0. The van der Waals surface area contributed by atoms with Crippen molar-refractivity contribution in [1.29, 1.82) is 0 Å². The number of aromatic hydroxyl groups is 1. The van der Waals surface area contributed by atoms with Gasteiger partial charge in [0.1, 0.15) is 0 Å². The van der Waals surface area contributed by atoms with E-state index in [2.05, 4.69) is 15.2 Å². The molecule has 102 valence electrons. The molecule has 1 aliphatic heterocycles. The molecule has 1 aliphatic rings. The summed E-state index contributed by atoms with van der Waals surface area (Å²) >= 11 is 6.04. The summed E-state index contributed by atoms with van der Waals surface area (Å²) in [6, 6.07) is 11.3. The summed E-state index contributed by atoms with van der Waals surface area (Å²) in [5.41, 5.74) is 2.39. The van der Waals surface area contributed by atoms with E-state index in [1.165, 1.54) is 0 Å². The van der Waals surface area contributed by atoms with Gasteiger partial charge in [-0.05, 0) is 35.6 Å². The molecule has 21 heavy (non-hydrogen) atoms. The quantitative estimate of drug-likeness (QED) is 0.711. The number of azo groups is 1. The van der Waals surface area contributed by atoms with E-state index in [1.54, 1.807) is 12.3 Å². The second-order valence-corrected chi connectivity index (χ2v) is 5.32. The lowest BCUT2D eigenvalue weighted by Crippen LogP contribution is -2.06. The van der Waals surface area contributed by atoms with Crippen molar-refractivity contribution < 1.29 is 5.11 Å². The number of benzene rings is 2. The van der Waals surface area contributed by atoms with Crippen molar-refractivity contribution in [2.24, 2.45) is 10.2 Å². The van der Waals surface area contributed by atoms with Crippen LogP contribution in [0.5, 0.6) is 5.88 Å². The van der Waals surface area contributed by atoms with Gasteiger partial charge in [0.25, 0.3) is 0 Å². The van der Waals surface area contributed by atoms with E-state index >= 15 is 0 Å². The topological polar surface area (TPSA) is 60.7 Å². The van der Waals surface area contributed by atoms with Crippen LogP contribution < -0.4 is 10.4 Å². The first-order chi connectivity index (χ1) is 10.2. The molecule has 0 saturated carbocycles. The number of nitrogens with zero attached hydrogens (tertiary/aromatic N) is 2. The lowest BCUT2D eigenvalue weighted by Gasteiger charge is -1.95. The highest BCUT2D eigenvalue weighted by molar-refractivity contribution is 6.31. The summed E-state index contributed by atoms with van der Waals surface area (Å²) in [4.78, 5) is 2.94. The minimum absolute atomic E-state index is 0.126. The van der Waals surface area contributed by atoms with Crippen LogP contribution >= 0.6 is 11.6 Å². The molecule has 0 spiro atoms. The molecule has 3 aromatic rings. The molecule has 4 nitrogen and oxygen atoms in total. The first kappa shape index (κ1) is 12.2. The molecule has 2 N–H and O–H groups in total. The third-order valence-electron chi connectivity index (χ3n) is 3.51. The molecular weight excluding hydrogens is 286 g/mol. The zero-order valence-corrected chi connectivity index (χ0v) is 11.6. The number of rotatable bonds is 1. The van der Waals surface area contributed by atoms with Crippen molar-refractivity contribution in [2.75, 3.05) is 0 Å². The Morgan fingerprint density at radius 2 is 2.05 bits per heavy atom. The van der Waals surface area contributed by atoms with Gasteiger partial charge in [0.15, 0.2) is 5.88 Å². The van der Waals surface area contributed by atoms with Crippen molar-refractivity contribution in [3.63, 3.8) is 0 Å². The maximum Gasteiger partial charge on any atom is 0.196 e. The number of aromatic amines is 1. The third kappa shape index (κ3) is 2.00. The van der Waals surface area contributed by atoms with Gasteiger partial charge in [0, 0.05) is 26.7 Å². The van der Waals surface area contributed by atoms with Crippen molar-refractivity contribution >= 4 is 40.5 Å². The summed E-state index contributed by atoms with van der Waals surface area (Å²) in [5.74, 6) is 0.126. The number of hydrogen-bond acceptors (Lipinski definition) is 3. The predicted octanol–water partition coefficient (Wildman–Crippen LogP) is 3.19. The lowest BCUT2D eigenvalue weighted by molar-refractivity contribution is 0.457. The molecule has 0 radical (unpaired) electrons. The summed E-state index contributed by atoms with van der Waals surface area (Å²) in [5, 5.41) is 21.5. The Bertz CT molecular complexity index is 1020. The number of fused-ring (bicyclic) bond motifs is 2. The van der Waals surface area contributed by atoms with Crippen molar-refractivity contribution in [3.05, 3.63) is 57.4 Å². The number of halogens is 1. The van der Waals surface area contributed by atoms with Crippen LogP contribution in [-0.4, -0.2) is 10.1 Å². The lowest BCUT2D eigenvalue weighted by atomic mass is 10.1. The molecule has 5 heteroatoms. The highest BCUT2D eigenvalue weighted by Crippen LogP contribution is 2.29. The smallest absolute Gasteiger partial charge is 0.196 e. The monoisotopic (exact) mass is 295 g/mol. The van der Waals surface area contributed by atoms with Gasteiger partial charge in [0.05, 0.1) is 11.9 Å². The van der Waals surface area contributed by atoms with Crippen LogP contribution in [0, 0.1) is 0 Å². The normalized spacial score (nSPS) is 13.7. The number of aromatic nitrogens is 1. The number of H-pyrrole nitrogens is 1. The average Bonchev–Trinajstić information content (AvgIpc) is 3.04. The highest BCUT2D eigenvalue weighted by atomic mass is 35.5. The second kappa shape index (κ2) is 4.46. The van der Waals surface area contributed by atoms with Crippen LogP contribution in [0.2, 0.25) is 5.02 Å². The zero-order valence-electron chi connectivity index (χ0n) is 10.8. The summed E-state index contributed by atoms with van der Waals surface area (Å²) in [6.45, 7) is 0. The molecule has 0 amide bonds. The number of hydrogen-bond donors (Lipinski definition) is 2. The standard InChI is InChI=1S/C16H10ClN3O/c17-11-3-4-14-12(7-11)13(16(21)19-14)5-9-1-2-10-8-18-20-15(10)6-9/h1-8,19,21H. The van der Waals surface area contributed by atoms with E-state index in [0.717, 1.165) is 27.0 Å². The maximum atomic E-state index is 10.1. The third-order valence-corrected chi connectivity index (χ3v) is 3.74. The minimum Gasteiger partial charge on any atom is -0.494 e. The Morgan fingerprint density at radius 3 is 2.95 bits per heavy atom. The van der Waals surface area contributed by atoms with Crippen LogP contribution in [0.15, 0.2) is 46.6 Å². The molecule has 0 saturated heterocycles. The van der Waals surface area contributed by atoms with E-state index in [0.29, 0.717) is 10.6 Å². The van der Waals surface area contributed by atoms with Crippen LogP contribution in [0.25, 0.3) is 23.2 Å². The zero-order chi connectivity index (χ0) is 14.4. The van der Waals surface area contributed by atoms with Gasteiger partial charge in [-0.15, -0.1) is 0 Å². The van der Waals surface area contributed by atoms with Gasteiger partial charge in [-0.25, -0.2) is 0 Å². The van der Waals surface area contributed by atoms with Crippen LogP contribution in [0.4, 0.5) is 5.69 Å². The van der Waals surface area contributed by atoms with Crippen LogP contribution in [-0.2, 0) is 0 Å². The Morgan fingerprint density at radius 1 is 1.14 bits per heavy atom. The molecule has 0 aliphatic carbocycles. The molecule has 0 bridgehead atoms. The van der Waals surface area contributed by atoms with E-state index in [-0.39, 0.29) is 5.88 Å². The Hall–Kier alpha value is -2.59. The van der Waals surface area contributed by atoms with E-state index in [4.69, 9.17) is 11.6 Å². The second-order valence-electron chi connectivity index (χ2n) is 4.88. The minimum atomic E-state index is 0.126. The highest BCUT2D eigenvalue weighted by Gasteiger charge is 2.09. The van der Waals surface area contributed by atoms with Crippen LogP contribution in [0.1, 0.15) is 5.56 Å². The fourth-order valence-electron chi connectivity index (χ4n) is 2.48. The Kier molecular flexibility index (Phi) is 2.59. The Labute approximate surface area is 124 Å². The van der Waals surface area contributed by atoms with Crippen molar-refractivity contribution in [2.45, 2.75) is 0 Å². The van der Waals surface area contributed by atoms with Crippen molar-refractivity contribution in [3.8, 4) is 5.88 Å². The van der Waals surface area contributed by atoms with Gasteiger partial charge in [0.2, 0.25) is 0 Å². The fraction of sp³-hybridized carbons (Fsp3) is 0. The van der Waals surface area contributed by atoms with Gasteiger partial charge >= 0.3 is 0 Å². The van der Waals surface area contributed by atoms with Gasteiger partial charge in [-0.2, -0.15) is 10.2 Å². The molecule has 1 aromatic heterocycles. The molecule has 2 heterocycles. The SMILES string of the molecule is Oc1[nH]c2ccc(Cl)cc2c1C=c1ccc2c(c1)N=NC=2. The molecule has 0 fully saturated rings. The molecule has 0 unspecified atom stereocenters. The number of nitrogens with one attached hydrogen (secondary N) is 1. The largest absolute Gasteiger partial charge is 0.494 e. The van der Waals surface area contributed by atoms with Crippen LogP contribution in [0.3, 0.4) is 0 Å². The average molecular weight is 296 g/mol. The molecule has 0 atom stereocenters. The molecule has 4 rings (SSSR count). The van der Waals surface area contributed by atoms with Gasteiger partial charge in [-0.3, -0.25) is 0 Å².